The molecule has 0 radical (unpaired) electrons. The quantitative estimate of drug-likeness (QED) is 0.681. The number of hydrogen-bond donors (Lipinski definition) is 2. The third-order valence-electron chi connectivity index (χ3n) is 3.70. The van der Waals surface area contributed by atoms with Crippen LogP contribution >= 0.6 is 0 Å². The lowest BCUT2D eigenvalue weighted by molar-refractivity contribution is -0.126. The molecule has 0 spiro atoms. The van der Waals surface area contributed by atoms with Crippen LogP contribution in [0, 0.1) is 11.8 Å². The molecule has 0 saturated heterocycles. The van der Waals surface area contributed by atoms with E-state index in [1.807, 2.05) is 13.8 Å². The van der Waals surface area contributed by atoms with Crippen molar-refractivity contribution in [1.82, 2.24) is 5.32 Å². The molecule has 1 atom stereocenters. The highest BCUT2D eigenvalue weighted by atomic mass is 16.5. The van der Waals surface area contributed by atoms with E-state index in [0.29, 0.717) is 25.8 Å². The van der Waals surface area contributed by atoms with Gasteiger partial charge in [0.1, 0.15) is 0 Å². The monoisotopic (exact) mass is 256 g/mol. The molecule has 0 aromatic rings. The van der Waals surface area contributed by atoms with E-state index >= 15 is 0 Å². The van der Waals surface area contributed by atoms with Crippen molar-refractivity contribution in [2.45, 2.75) is 52.1 Å². The molecule has 4 nitrogen and oxygen atoms in total. The van der Waals surface area contributed by atoms with Crippen LogP contribution in [0.4, 0.5) is 0 Å². The first-order valence-electron chi connectivity index (χ1n) is 7.24. The standard InChI is InChI=1S/C14H28N2O2/c1-11(2)13(10-15)14(17)16-8-9-18-12-6-4-3-5-7-12/h11-13H,3-10,15H2,1-2H3,(H,16,17). The van der Waals surface area contributed by atoms with Gasteiger partial charge in [-0.1, -0.05) is 33.1 Å². The third kappa shape index (κ3) is 5.36. The van der Waals surface area contributed by atoms with Crippen LogP contribution in [0.5, 0.6) is 0 Å². The zero-order valence-corrected chi connectivity index (χ0v) is 11.8. The molecule has 1 saturated carbocycles. The van der Waals surface area contributed by atoms with E-state index in [0.717, 1.165) is 0 Å². The Balaban J connectivity index is 2.11. The predicted molar refractivity (Wildman–Crippen MR) is 73.2 cm³/mol. The van der Waals surface area contributed by atoms with Gasteiger partial charge in [0, 0.05) is 13.1 Å². The van der Waals surface area contributed by atoms with Crippen molar-refractivity contribution >= 4 is 5.91 Å². The molecule has 1 rings (SSSR count). The molecular formula is C14H28N2O2. The Bertz CT molecular complexity index is 238. The summed E-state index contributed by atoms with van der Waals surface area (Å²) in [5.41, 5.74) is 5.60. The second-order valence-electron chi connectivity index (χ2n) is 5.51. The molecule has 0 bridgehead atoms. The van der Waals surface area contributed by atoms with Crippen molar-refractivity contribution in [2.75, 3.05) is 19.7 Å². The van der Waals surface area contributed by atoms with Crippen molar-refractivity contribution in [3.63, 3.8) is 0 Å². The molecule has 1 unspecified atom stereocenters. The first kappa shape index (κ1) is 15.4. The van der Waals surface area contributed by atoms with Gasteiger partial charge in [-0.15, -0.1) is 0 Å². The van der Waals surface area contributed by atoms with Crippen LogP contribution in [0.1, 0.15) is 46.0 Å². The number of nitrogens with two attached hydrogens (primary N) is 1. The number of ether oxygens (including phenoxy) is 1. The molecule has 3 N–H and O–H groups in total. The Morgan fingerprint density at radius 2 is 2.00 bits per heavy atom. The van der Waals surface area contributed by atoms with E-state index in [2.05, 4.69) is 5.32 Å². The molecule has 0 heterocycles. The fourth-order valence-electron chi connectivity index (χ4n) is 2.44. The van der Waals surface area contributed by atoms with E-state index in [1.165, 1.54) is 32.1 Å². The molecular weight excluding hydrogens is 228 g/mol. The lowest BCUT2D eigenvalue weighted by Gasteiger charge is -2.22. The van der Waals surface area contributed by atoms with Gasteiger partial charge in [0.25, 0.3) is 0 Å². The Hall–Kier alpha value is -0.610. The first-order valence-corrected chi connectivity index (χ1v) is 7.24. The summed E-state index contributed by atoms with van der Waals surface area (Å²) >= 11 is 0. The van der Waals surface area contributed by atoms with Crippen molar-refractivity contribution in [1.29, 1.82) is 0 Å². The highest BCUT2D eigenvalue weighted by molar-refractivity contribution is 5.79. The van der Waals surface area contributed by atoms with Crippen LogP contribution in [0.15, 0.2) is 0 Å². The van der Waals surface area contributed by atoms with Gasteiger partial charge < -0.3 is 15.8 Å². The van der Waals surface area contributed by atoms with Crippen LogP contribution in [-0.2, 0) is 9.53 Å². The first-order chi connectivity index (χ1) is 8.65. The van der Waals surface area contributed by atoms with Gasteiger partial charge in [0.15, 0.2) is 0 Å². The largest absolute Gasteiger partial charge is 0.376 e. The average Bonchev–Trinajstić information content (AvgIpc) is 2.36. The molecule has 1 amide bonds. The Labute approximate surface area is 111 Å². The van der Waals surface area contributed by atoms with Crippen LogP contribution in [0.2, 0.25) is 0 Å². The number of hydrogen-bond acceptors (Lipinski definition) is 3. The van der Waals surface area contributed by atoms with Crippen LogP contribution in [-0.4, -0.2) is 31.7 Å². The van der Waals surface area contributed by atoms with E-state index in [4.69, 9.17) is 10.5 Å². The van der Waals surface area contributed by atoms with E-state index < -0.39 is 0 Å². The number of rotatable bonds is 7. The minimum absolute atomic E-state index is 0.0553. The second-order valence-corrected chi connectivity index (χ2v) is 5.51. The maximum absolute atomic E-state index is 11.8. The molecule has 0 aromatic heterocycles. The highest BCUT2D eigenvalue weighted by Gasteiger charge is 2.20. The van der Waals surface area contributed by atoms with Crippen LogP contribution < -0.4 is 11.1 Å². The van der Waals surface area contributed by atoms with Crippen molar-refractivity contribution in [3.8, 4) is 0 Å². The number of amides is 1. The lowest BCUT2D eigenvalue weighted by Crippen LogP contribution is -2.39. The number of nitrogens with one attached hydrogen (secondary N) is 1. The lowest BCUT2D eigenvalue weighted by atomic mass is 9.95. The van der Waals surface area contributed by atoms with Gasteiger partial charge in [-0.05, 0) is 18.8 Å². The zero-order valence-electron chi connectivity index (χ0n) is 11.8. The summed E-state index contributed by atoms with van der Waals surface area (Å²) in [5, 5.41) is 2.91. The Morgan fingerprint density at radius 1 is 1.33 bits per heavy atom. The summed E-state index contributed by atoms with van der Waals surface area (Å²) in [6, 6.07) is 0. The van der Waals surface area contributed by atoms with E-state index in [-0.39, 0.29) is 17.7 Å². The Kier molecular flexibility index (Phi) is 7.28. The molecule has 1 fully saturated rings. The summed E-state index contributed by atoms with van der Waals surface area (Å²) in [6.07, 6.45) is 6.64. The summed E-state index contributed by atoms with van der Waals surface area (Å²) in [5.74, 6) is 0.258. The molecule has 4 heteroatoms. The van der Waals surface area contributed by atoms with Gasteiger partial charge in [0.2, 0.25) is 5.91 Å². The summed E-state index contributed by atoms with van der Waals surface area (Å²) in [4.78, 5) is 11.8. The fraction of sp³-hybridized carbons (Fsp3) is 0.929. The minimum Gasteiger partial charge on any atom is -0.376 e. The van der Waals surface area contributed by atoms with Crippen LogP contribution in [0.3, 0.4) is 0 Å². The highest BCUT2D eigenvalue weighted by Crippen LogP contribution is 2.19. The predicted octanol–water partition coefficient (Wildman–Crippen LogP) is 1.68. The second kappa shape index (κ2) is 8.48. The smallest absolute Gasteiger partial charge is 0.224 e. The van der Waals surface area contributed by atoms with E-state index in [1.54, 1.807) is 0 Å². The SMILES string of the molecule is CC(C)C(CN)C(=O)NCCOC1CCCCC1. The topological polar surface area (TPSA) is 64.4 Å². The van der Waals surface area contributed by atoms with E-state index in [9.17, 15) is 4.79 Å². The zero-order chi connectivity index (χ0) is 13.4. The number of carbonyl (C=O) groups excluding carboxylic acids is 1. The molecule has 18 heavy (non-hydrogen) atoms. The minimum atomic E-state index is -0.0836. The molecule has 1 aliphatic rings. The Morgan fingerprint density at radius 3 is 2.56 bits per heavy atom. The van der Waals surface area contributed by atoms with Gasteiger partial charge >= 0.3 is 0 Å². The fourth-order valence-corrected chi connectivity index (χ4v) is 2.44. The van der Waals surface area contributed by atoms with Crippen LogP contribution in [0.25, 0.3) is 0 Å². The number of carbonyl (C=O) groups is 1. The molecule has 1 aliphatic carbocycles. The van der Waals surface area contributed by atoms with Gasteiger partial charge in [-0.2, -0.15) is 0 Å². The van der Waals surface area contributed by atoms with Crippen molar-refractivity contribution in [3.05, 3.63) is 0 Å². The summed E-state index contributed by atoms with van der Waals surface area (Å²) in [7, 11) is 0. The normalized spacial score (nSPS) is 18.9. The average molecular weight is 256 g/mol. The maximum Gasteiger partial charge on any atom is 0.224 e. The maximum atomic E-state index is 11.8. The molecule has 0 aromatic carbocycles. The summed E-state index contributed by atoms with van der Waals surface area (Å²) in [6.45, 7) is 5.67. The van der Waals surface area contributed by atoms with Gasteiger partial charge in [0.05, 0.1) is 18.6 Å². The molecule has 0 aliphatic heterocycles. The van der Waals surface area contributed by atoms with Gasteiger partial charge in [-0.25, -0.2) is 0 Å². The van der Waals surface area contributed by atoms with Crippen molar-refractivity contribution in [2.24, 2.45) is 17.6 Å². The van der Waals surface area contributed by atoms with Crippen molar-refractivity contribution < 1.29 is 9.53 Å². The third-order valence-corrected chi connectivity index (χ3v) is 3.70. The van der Waals surface area contributed by atoms with Gasteiger partial charge in [-0.3, -0.25) is 4.79 Å². The summed E-state index contributed by atoms with van der Waals surface area (Å²) < 4.78 is 5.76. The molecule has 106 valence electrons.